The number of hydrogen-bond donors (Lipinski definition) is 0. The zero-order chi connectivity index (χ0) is 8.97. The van der Waals surface area contributed by atoms with Gasteiger partial charge >= 0.3 is 0 Å². The highest BCUT2D eigenvalue weighted by molar-refractivity contribution is 5.28. The Bertz CT molecular complexity index is 271. The van der Waals surface area contributed by atoms with Crippen LogP contribution in [0.25, 0.3) is 0 Å². The minimum Gasteiger partial charge on any atom is -0.0995 e. The highest BCUT2D eigenvalue weighted by atomic mass is 14.0. The molecule has 1 rings (SSSR count). The molecule has 64 valence electrons. The quantitative estimate of drug-likeness (QED) is 0.594. The van der Waals surface area contributed by atoms with Crippen LogP contribution in [0.4, 0.5) is 0 Å². The molecule has 0 nitrogen and oxygen atoms in total. The van der Waals surface area contributed by atoms with Crippen LogP contribution >= 0.6 is 0 Å². The summed E-state index contributed by atoms with van der Waals surface area (Å²) in [4.78, 5) is 0. The molecule has 0 aliphatic carbocycles. The van der Waals surface area contributed by atoms with Gasteiger partial charge in [0.15, 0.2) is 0 Å². The zero-order valence-electron chi connectivity index (χ0n) is 7.93. The largest absolute Gasteiger partial charge is 0.0995 e. The van der Waals surface area contributed by atoms with E-state index in [0.29, 0.717) is 0 Å². The standard InChI is InChI=1S/C12H16/c1-4-10(2)9-12-8-6-5-7-11(12)3/h5-8H,2,4,9H2,1,3H3. The summed E-state index contributed by atoms with van der Waals surface area (Å²) in [7, 11) is 0. The molecule has 1 aromatic carbocycles. The molecule has 0 saturated carbocycles. The van der Waals surface area contributed by atoms with Crippen LogP contribution in [0.2, 0.25) is 0 Å². The van der Waals surface area contributed by atoms with Gasteiger partial charge in [0.25, 0.3) is 0 Å². The Hall–Kier alpha value is -1.04. The van der Waals surface area contributed by atoms with Crippen molar-refractivity contribution in [2.45, 2.75) is 26.7 Å². The van der Waals surface area contributed by atoms with E-state index < -0.39 is 0 Å². The molecule has 0 atom stereocenters. The molecule has 0 N–H and O–H groups in total. The van der Waals surface area contributed by atoms with E-state index in [1.54, 1.807) is 0 Å². The molecule has 0 heteroatoms. The molecule has 0 spiro atoms. The van der Waals surface area contributed by atoms with E-state index in [9.17, 15) is 0 Å². The summed E-state index contributed by atoms with van der Waals surface area (Å²) in [6.07, 6.45) is 2.11. The molecule has 0 aliphatic heterocycles. The number of hydrogen-bond acceptors (Lipinski definition) is 0. The van der Waals surface area contributed by atoms with Gasteiger partial charge in [0.1, 0.15) is 0 Å². The molecule has 1 aromatic rings. The van der Waals surface area contributed by atoms with Crippen molar-refractivity contribution in [3.8, 4) is 0 Å². The molecular weight excluding hydrogens is 144 g/mol. The average molecular weight is 160 g/mol. The second-order valence-corrected chi connectivity index (χ2v) is 3.21. The Balaban J connectivity index is 2.75. The highest BCUT2D eigenvalue weighted by Gasteiger charge is 1.97. The van der Waals surface area contributed by atoms with Crippen molar-refractivity contribution in [1.29, 1.82) is 0 Å². The lowest BCUT2D eigenvalue weighted by Crippen LogP contribution is -1.90. The zero-order valence-corrected chi connectivity index (χ0v) is 7.93. The van der Waals surface area contributed by atoms with Gasteiger partial charge in [-0.1, -0.05) is 43.3 Å². The maximum absolute atomic E-state index is 4.01. The van der Waals surface area contributed by atoms with Crippen LogP contribution in [-0.2, 0) is 6.42 Å². The molecule has 0 radical (unpaired) electrons. The Morgan fingerprint density at radius 1 is 1.33 bits per heavy atom. The summed E-state index contributed by atoms with van der Waals surface area (Å²) < 4.78 is 0. The van der Waals surface area contributed by atoms with Crippen LogP contribution in [0.3, 0.4) is 0 Å². The van der Waals surface area contributed by atoms with Crippen molar-refractivity contribution in [3.63, 3.8) is 0 Å². The summed E-state index contributed by atoms with van der Waals surface area (Å²) >= 11 is 0. The van der Waals surface area contributed by atoms with Gasteiger partial charge in [0.2, 0.25) is 0 Å². The van der Waals surface area contributed by atoms with E-state index in [2.05, 4.69) is 44.7 Å². The number of benzene rings is 1. The van der Waals surface area contributed by atoms with Crippen molar-refractivity contribution >= 4 is 0 Å². The molecule has 12 heavy (non-hydrogen) atoms. The van der Waals surface area contributed by atoms with E-state index in [4.69, 9.17) is 0 Å². The summed E-state index contributed by atoms with van der Waals surface area (Å²) in [5.74, 6) is 0. The first-order chi connectivity index (χ1) is 5.74. The number of aryl methyl sites for hydroxylation is 1. The average Bonchev–Trinajstić information content (AvgIpc) is 2.09. The fraction of sp³-hybridized carbons (Fsp3) is 0.333. The van der Waals surface area contributed by atoms with Gasteiger partial charge in [-0.2, -0.15) is 0 Å². The third kappa shape index (κ3) is 2.23. The molecule has 0 bridgehead atoms. The number of rotatable bonds is 3. The second kappa shape index (κ2) is 4.10. The molecule has 0 saturated heterocycles. The van der Waals surface area contributed by atoms with Gasteiger partial charge < -0.3 is 0 Å². The van der Waals surface area contributed by atoms with Crippen molar-refractivity contribution < 1.29 is 0 Å². The van der Waals surface area contributed by atoms with Crippen molar-refractivity contribution in [2.24, 2.45) is 0 Å². The van der Waals surface area contributed by atoms with Crippen LogP contribution in [-0.4, -0.2) is 0 Å². The summed E-state index contributed by atoms with van der Waals surface area (Å²) in [6, 6.07) is 8.49. The Labute approximate surface area is 74.9 Å². The molecule has 0 amide bonds. The lowest BCUT2D eigenvalue weighted by atomic mass is 10.0. The van der Waals surface area contributed by atoms with Gasteiger partial charge in [-0.3, -0.25) is 0 Å². The van der Waals surface area contributed by atoms with Crippen LogP contribution in [0.5, 0.6) is 0 Å². The maximum atomic E-state index is 4.01. The molecule has 0 unspecified atom stereocenters. The monoisotopic (exact) mass is 160 g/mol. The maximum Gasteiger partial charge on any atom is -0.00673 e. The molecule has 0 aliphatic rings. The summed E-state index contributed by atoms with van der Waals surface area (Å²) in [5.41, 5.74) is 4.08. The van der Waals surface area contributed by atoms with Crippen LogP contribution in [0.1, 0.15) is 24.5 Å². The fourth-order valence-corrected chi connectivity index (χ4v) is 1.20. The summed E-state index contributed by atoms with van der Waals surface area (Å²) in [6.45, 7) is 8.31. The predicted octanol–water partition coefficient (Wildman–Crippen LogP) is 3.50. The van der Waals surface area contributed by atoms with Gasteiger partial charge in [-0.05, 0) is 30.9 Å². The topological polar surface area (TPSA) is 0 Å². The van der Waals surface area contributed by atoms with E-state index in [0.717, 1.165) is 12.8 Å². The number of allylic oxidation sites excluding steroid dienone is 1. The molecular formula is C12H16. The molecule has 0 aromatic heterocycles. The van der Waals surface area contributed by atoms with Gasteiger partial charge in [-0.25, -0.2) is 0 Å². The molecule has 0 heterocycles. The smallest absolute Gasteiger partial charge is 0.00673 e. The van der Waals surface area contributed by atoms with Crippen molar-refractivity contribution in [2.75, 3.05) is 0 Å². The van der Waals surface area contributed by atoms with Gasteiger partial charge in [-0.15, -0.1) is 0 Å². The summed E-state index contributed by atoms with van der Waals surface area (Å²) in [5, 5.41) is 0. The van der Waals surface area contributed by atoms with E-state index in [-0.39, 0.29) is 0 Å². The van der Waals surface area contributed by atoms with Crippen molar-refractivity contribution in [3.05, 3.63) is 47.5 Å². The minimum absolute atomic E-state index is 1.03. The first kappa shape index (κ1) is 9.05. The van der Waals surface area contributed by atoms with Crippen molar-refractivity contribution in [1.82, 2.24) is 0 Å². The predicted molar refractivity (Wildman–Crippen MR) is 54.3 cm³/mol. The Kier molecular flexibility index (Phi) is 3.09. The van der Waals surface area contributed by atoms with E-state index in [1.807, 2.05) is 0 Å². The lowest BCUT2D eigenvalue weighted by molar-refractivity contribution is 1.00. The molecule has 0 fully saturated rings. The normalized spacial score (nSPS) is 9.83. The second-order valence-electron chi connectivity index (χ2n) is 3.21. The van der Waals surface area contributed by atoms with Gasteiger partial charge in [0.05, 0.1) is 0 Å². The third-order valence-corrected chi connectivity index (χ3v) is 2.20. The first-order valence-corrected chi connectivity index (χ1v) is 4.45. The lowest BCUT2D eigenvalue weighted by Gasteiger charge is -2.05. The Morgan fingerprint density at radius 3 is 2.58 bits per heavy atom. The highest BCUT2D eigenvalue weighted by Crippen LogP contribution is 2.13. The first-order valence-electron chi connectivity index (χ1n) is 4.45. The van der Waals surface area contributed by atoms with Gasteiger partial charge in [0, 0.05) is 0 Å². The van der Waals surface area contributed by atoms with Crippen LogP contribution in [0.15, 0.2) is 36.4 Å². The van der Waals surface area contributed by atoms with E-state index in [1.165, 1.54) is 16.7 Å². The van der Waals surface area contributed by atoms with Crippen LogP contribution in [0, 0.1) is 6.92 Å². The minimum atomic E-state index is 1.03. The SMILES string of the molecule is C=C(CC)Cc1ccccc1C. The fourth-order valence-electron chi connectivity index (χ4n) is 1.20. The Morgan fingerprint density at radius 2 is 2.00 bits per heavy atom. The third-order valence-electron chi connectivity index (χ3n) is 2.20. The van der Waals surface area contributed by atoms with E-state index >= 15 is 0 Å². The van der Waals surface area contributed by atoms with Crippen LogP contribution < -0.4 is 0 Å².